The summed E-state index contributed by atoms with van der Waals surface area (Å²) in [4.78, 5) is 12.3. The number of hydrogen-bond donors (Lipinski definition) is 1. The Balaban J connectivity index is 2.24. The smallest absolute Gasteiger partial charge is 0.266 e. The summed E-state index contributed by atoms with van der Waals surface area (Å²) in [5.74, 6) is 0.695. The number of carbonyl (C=O) groups is 1. The third-order valence-electron chi connectivity index (χ3n) is 3.26. The molecule has 2 aromatic carbocycles. The van der Waals surface area contributed by atoms with E-state index in [4.69, 9.17) is 9.47 Å². The Bertz CT molecular complexity index is 805. The maximum atomic E-state index is 12.3. The normalized spacial score (nSPS) is 10.9. The van der Waals surface area contributed by atoms with Gasteiger partial charge in [-0.05, 0) is 49.8 Å². The fourth-order valence-corrected chi connectivity index (χ4v) is 2.16. The molecule has 0 aliphatic heterocycles. The van der Waals surface area contributed by atoms with E-state index in [0.717, 1.165) is 0 Å². The van der Waals surface area contributed by atoms with Crippen LogP contribution >= 0.6 is 0 Å². The van der Waals surface area contributed by atoms with Gasteiger partial charge in [0, 0.05) is 5.69 Å². The Kier molecular flexibility index (Phi) is 6.19. The zero-order valence-electron chi connectivity index (χ0n) is 14.4. The van der Waals surface area contributed by atoms with Gasteiger partial charge in [-0.3, -0.25) is 4.79 Å². The fourth-order valence-electron chi connectivity index (χ4n) is 2.16. The number of hydrogen-bond acceptors (Lipinski definition) is 4. The Labute approximate surface area is 147 Å². The quantitative estimate of drug-likeness (QED) is 0.638. The highest BCUT2D eigenvalue weighted by Gasteiger charge is 2.11. The minimum absolute atomic E-state index is 0.00318. The molecule has 0 spiro atoms. The zero-order valence-corrected chi connectivity index (χ0v) is 14.4. The van der Waals surface area contributed by atoms with Crippen LogP contribution in [0.25, 0.3) is 6.08 Å². The van der Waals surface area contributed by atoms with Gasteiger partial charge in [0.1, 0.15) is 11.6 Å². The molecule has 0 atom stereocenters. The van der Waals surface area contributed by atoms with Gasteiger partial charge in [0.15, 0.2) is 11.5 Å². The Hall–Kier alpha value is -3.26. The highest BCUT2D eigenvalue weighted by atomic mass is 16.5. The summed E-state index contributed by atoms with van der Waals surface area (Å²) in [7, 11) is 1.54. The van der Waals surface area contributed by atoms with Crippen LogP contribution in [0.3, 0.4) is 0 Å². The van der Waals surface area contributed by atoms with Crippen LogP contribution in [-0.4, -0.2) is 19.1 Å². The summed E-state index contributed by atoms with van der Waals surface area (Å²) in [6.07, 6.45) is 1.53. The van der Waals surface area contributed by atoms with Gasteiger partial charge in [-0.1, -0.05) is 24.3 Å². The molecule has 0 bridgehead atoms. The van der Waals surface area contributed by atoms with Crippen molar-refractivity contribution >= 4 is 17.7 Å². The van der Waals surface area contributed by atoms with Crippen LogP contribution in [0.15, 0.2) is 54.1 Å². The molecule has 2 aromatic rings. The number of para-hydroxylation sites is 1. The SMILES string of the molecule is COc1cc(/C=C(\C#N)C(=O)Nc2ccccc2)ccc1OC(C)C. The van der Waals surface area contributed by atoms with Crippen LogP contribution < -0.4 is 14.8 Å². The van der Waals surface area contributed by atoms with Gasteiger partial charge in [0.05, 0.1) is 13.2 Å². The van der Waals surface area contributed by atoms with Crippen molar-refractivity contribution in [2.45, 2.75) is 20.0 Å². The number of ether oxygens (including phenoxy) is 2. The minimum Gasteiger partial charge on any atom is -0.493 e. The van der Waals surface area contributed by atoms with Crippen molar-refractivity contribution in [3.05, 3.63) is 59.7 Å². The lowest BCUT2D eigenvalue weighted by Gasteiger charge is -2.13. The third kappa shape index (κ3) is 5.11. The van der Waals surface area contributed by atoms with Crippen LogP contribution in [0.1, 0.15) is 19.4 Å². The van der Waals surface area contributed by atoms with Gasteiger partial charge in [-0.2, -0.15) is 5.26 Å². The van der Waals surface area contributed by atoms with E-state index < -0.39 is 5.91 Å². The molecule has 128 valence electrons. The van der Waals surface area contributed by atoms with Crippen molar-refractivity contribution in [1.82, 2.24) is 0 Å². The van der Waals surface area contributed by atoms with Gasteiger partial charge in [-0.15, -0.1) is 0 Å². The largest absolute Gasteiger partial charge is 0.493 e. The van der Waals surface area contributed by atoms with E-state index in [2.05, 4.69) is 5.32 Å². The zero-order chi connectivity index (χ0) is 18.2. The van der Waals surface area contributed by atoms with Crippen molar-refractivity contribution in [2.75, 3.05) is 12.4 Å². The average Bonchev–Trinajstić information content (AvgIpc) is 2.61. The summed E-state index contributed by atoms with van der Waals surface area (Å²) >= 11 is 0. The second-order valence-corrected chi connectivity index (χ2v) is 5.57. The number of benzene rings is 2. The molecule has 0 heterocycles. The molecule has 0 aromatic heterocycles. The van der Waals surface area contributed by atoms with E-state index >= 15 is 0 Å². The van der Waals surface area contributed by atoms with Crippen LogP contribution in [0.2, 0.25) is 0 Å². The van der Waals surface area contributed by atoms with E-state index in [9.17, 15) is 10.1 Å². The summed E-state index contributed by atoms with van der Waals surface area (Å²) in [5.41, 5.74) is 1.31. The van der Waals surface area contributed by atoms with Crippen molar-refractivity contribution in [3.63, 3.8) is 0 Å². The van der Waals surface area contributed by atoms with E-state index in [1.165, 1.54) is 6.08 Å². The van der Waals surface area contributed by atoms with Gasteiger partial charge in [0.2, 0.25) is 0 Å². The molecule has 0 aliphatic rings. The third-order valence-corrected chi connectivity index (χ3v) is 3.26. The molecule has 0 radical (unpaired) electrons. The van der Waals surface area contributed by atoms with E-state index in [1.807, 2.05) is 38.1 Å². The van der Waals surface area contributed by atoms with Gasteiger partial charge >= 0.3 is 0 Å². The number of carbonyl (C=O) groups excluding carboxylic acids is 1. The average molecular weight is 336 g/mol. The van der Waals surface area contributed by atoms with E-state index in [-0.39, 0.29) is 11.7 Å². The van der Waals surface area contributed by atoms with Crippen LogP contribution in [-0.2, 0) is 4.79 Å². The maximum absolute atomic E-state index is 12.3. The topological polar surface area (TPSA) is 71.3 Å². The molecule has 5 heteroatoms. The van der Waals surface area contributed by atoms with Gasteiger partial charge in [-0.25, -0.2) is 0 Å². The fraction of sp³-hybridized carbons (Fsp3) is 0.200. The lowest BCUT2D eigenvalue weighted by Crippen LogP contribution is -2.13. The first-order valence-corrected chi connectivity index (χ1v) is 7.86. The Morgan fingerprint density at radius 2 is 1.88 bits per heavy atom. The predicted molar refractivity (Wildman–Crippen MR) is 97.4 cm³/mol. The first-order valence-electron chi connectivity index (χ1n) is 7.86. The van der Waals surface area contributed by atoms with E-state index in [1.54, 1.807) is 37.4 Å². The van der Waals surface area contributed by atoms with Gasteiger partial charge < -0.3 is 14.8 Å². The van der Waals surface area contributed by atoms with E-state index in [0.29, 0.717) is 22.7 Å². The van der Waals surface area contributed by atoms with Crippen molar-refractivity contribution in [3.8, 4) is 17.6 Å². The Morgan fingerprint density at radius 1 is 1.16 bits per heavy atom. The maximum Gasteiger partial charge on any atom is 0.266 e. The molecule has 0 aliphatic carbocycles. The number of nitrogens with one attached hydrogen (secondary N) is 1. The number of anilines is 1. The van der Waals surface area contributed by atoms with Crippen molar-refractivity contribution in [1.29, 1.82) is 5.26 Å². The molecule has 0 unspecified atom stereocenters. The molecular weight excluding hydrogens is 316 g/mol. The summed E-state index contributed by atoms with van der Waals surface area (Å²) < 4.78 is 11.0. The molecular formula is C20H20N2O3. The molecule has 2 rings (SSSR count). The molecule has 1 N–H and O–H groups in total. The lowest BCUT2D eigenvalue weighted by atomic mass is 10.1. The highest BCUT2D eigenvalue weighted by molar-refractivity contribution is 6.09. The van der Waals surface area contributed by atoms with Crippen LogP contribution in [0, 0.1) is 11.3 Å². The summed E-state index contributed by atoms with van der Waals surface area (Å²) in [5, 5.41) is 12.0. The monoisotopic (exact) mass is 336 g/mol. The van der Waals surface area contributed by atoms with Gasteiger partial charge in [0.25, 0.3) is 5.91 Å². The lowest BCUT2D eigenvalue weighted by molar-refractivity contribution is -0.112. The second kappa shape index (κ2) is 8.55. The molecule has 0 fully saturated rings. The van der Waals surface area contributed by atoms with Crippen molar-refractivity contribution in [2.24, 2.45) is 0 Å². The highest BCUT2D eigenvalue weighted by Crippen LogP contribution is 2.29. The van der Waals surface area contributed by atoms with Crippen LogP contribution in [0.5, 0.6) is 11.5 Å². The van der Waals surface area contributed by atoms with Crippen molar-refractivity contribution < 1.29 is 14.3 Å². The number of rotatable bonds is 6. The van der Waals surface area contributed by atoms with Crippen LogP contribution in [0.4, 0.5) is 5.69 Å². The summed E-state index contributed by atoms with van der Waals surface area (Å²) in [6, 6.07) is 16.2. The second-order valence-electron chi connectivity index (χ2n) is 5.57. The molecule has 0 saturated carbocycles. The number of methoxy groups -OCH3 is 1. The molecule has 5 nitrogen and oxygen atoms in total. The first-order chi connectivity index (χ1) is 12.0. The summed E-state index contributed by atoms with van der Waals surface area (Å²) in [6.45, 7) is 3.85. The number of nitriles is 1. The number of nitrogens with zero attached hydrogens (tertiary/aromatic N) is 1. The molecule has 25 heavy (non-hydrogen) atoms. The first kappa shape index (κ1) is 18.1. The molecule has 1 amide bonds. The minimum atomic E-state index is -0.463. The molecule has 0 saturated heterocycles. The number of amides is 1. The Morgan fingerprint density at radius 3 is 2.48 bits per heavy atom. The standard InChI is InChI=1S/C20H20N2O3/c1-14(2)25-18-10-9-15(12-19(18)24-3)11-16(13-21)20(23)22-17-7-5-4-6-8-17/h4-12,14H,1-3H3,(H,22,23)/b16-11+. The predicted octanol–water partition coefficient (Wildman–Crippen LogP) is 4.03.